The Morgan fingerprint density at radius 2 is 1.82 bits per heavy atom. The standard InChI is InChI=1S/C8H15N2O/c1-6-4-3-5-7(2)10(6)8(9)11/h6-7,9H,3-5H2,1-2H3. The topological polar surface area (TPSA) is 44.1 Å². The van der Waals surface area contributed by atoms with Gasteiger partial charge in [-0.15, -0.1) is 0 Å². The zero-order chi connectivity index (χ0) is 8.43. The molecular formula is C8H15N2O. The molecule has 2 amide bonds. The first-order chi connectivity index (χ1) is 5.13. The molecule has 0 aliphatic carbocycles. The molecule has 1 aliphatic rings. The predicted octanol–water partition coefficient (Wildman–Crippen LogP) is 1.65. The highest BCUT2D eigenvalue weighted by atomic mass is 16.2. The predicted molar refractivity (Wildman–Crippen MR) is 43.1 cm³/mol. The molecule has 0 saturated carbocycles. The Kier molecular flexibility index (Phi) is 2.37. The van der Waals surface area contributed by atoms with Gasteiger partial charge in [-0.2, -0.15) is 0 Å². The molecule has 0 bridgehead atoms. The molecule has 1 aliphatic heterocycles. The van der Waals surface area contributed by atoms with Crippen molar-refractivity contribution in [1.29, 1.82) is 0 Å². The fourth-order valence-electron chi connectivity index (χ4n) is 1.82. The molecule has 0 aromatic heterocycles. The maximum absolute atomic E-state index is 10.8. The lowest BCUT2D eigenvalue weighted by Gasteiger charge is -2.37. The van der Waals surface area contributed by atoms with Crippen molar-refractivity contribution in [3.05, 3.63) is 0 Å². The van der Waals surface area contributed by atoms with Gasteiger partial charge in [-0.1, -0.05) is 0 Å². The van der Waals surface area contributed by atoms with Crippen LogP contribution in [0.1, 0.15) is 33.1 Å². The van der Waals surface area contributed by atoms with E-state index in [1.54, 1.807) is 4.90 Å². The molecular weight excluding hydrogens is 140 g/mol. The van der Waals surface area contributed by atoms with Gasteiger partial charge in [-0.3, -0.25) is 0 Å². The van der Waals surface area contributed by atoms with Crippen LogP contribution in [0, 0.1) is 0 Å². The lowest BCUT2D eigenvalue weighted by molar-refractivity contribution is 0.129. The van der Waals surface area contributed by atoms with Crippen LogP contribution in [0.3, 0.4) is 0 Å². The first kappa shape index (κ1) is 8.37. The number of hydrogen-bond donors (Lipinski definition) is 0. The van der Waals surface area contributed by atoms with Crippen molar-refractivity contribution in [2.45, 2.75) is 45.2 Å². The molecule has 3 nitrogen and oxygen atoms in total. The zero-order valence-corrected chi connectivity index (χ0v) is 7.13. The lowest BCUT2D eigenvalue weighted by atomic mass is 9.98. The van der Waals surface area contributed by atoms with Gasteiger partial charge in [-0.05, 0) is 33.1 Å². The third kappa shape index (κ3) is 1.64. The normalized spacial score (nSPS) is 32.0. The van der Waals surface area contributed by atoms with Gasteiger partial charge in [0.05, 0.1) is 0 Å². The smallest absolute Gasteiger partial charge is 0.318 e. The first-order valence-corrected chi connectivity index (χ1v) is 4.17. The molecule has 63 valence electrons. The number of carbonyl (C=O) groups excluding carboxylic acids is 1. The van der Waals surface area contributed by atoms with E-state index in [-0.39, 0.29) is 12.1 Å². The van der Waals surface area contributed by atoms with Crippen molar-refractivity contribution in [3.63, 3.8) is 0 Å². The van der Waals surface area contributed by atoms with Gasteiger partial charge in [0.2, 0.25) is 0 Å². The second-order valence-corrected chi connectivity index (χ2v) is 3.34. The summed E-state index contributed by atoms with van der Waals surface area (Å²) in [6.07, 6.45) is 3.29. The summed E-state index contributed by atoms with van der Waals surface area (Å²) in [5.41, 5.74) is 7.02. The minimum atomic E-state index is -0.523. The second kappa shape index (κ2) is 3.11. The average Bonchev–Trinajstić information content (AvgIpc) is 1.85. The van der Waals surface area contributed by atoms with Gasteiger partial charge in [0.25, 0.3) is 0 Å². The van der Waals surface area contributed by atoms with Crippen molar-refractivity contribution < 1.29 is 4.79 Å². The number of likely N-dealkylation sites (tertiary alicyclic amines) is 1. The summed E-state index contributed by atoms with van der Waals surface area (Å²) in [5, 5.41) is 0. The number of carbonyl (C=O) groups is 1. The molecule has 1 saturated heterocycles. The van der Waals surface area contributed by atoms with E-state index >= 15 is 0 Å². The van der Waals surface area contributed by atoms with Crippen LogP contribution in [-0.4, -0.2) is 23.0 Å². The van der Waals surface area contributed by atoms with E-state index in [2.05, 4.69) is 0 Å². The molecule has 1 radical (unpaired) electrons. The Morgan fingerprint density at radius 3 is 2.09 bits per heavy atom. The van der Waals surface area contributed by atoms with Crippen molar-refractivity contribution in [3.8, 4) is 0 Å². The summed E-state index contributed by atoms with van der Waals surface area (Å²) < 4.78 is 0. The van der Waals surface area contributed by atoms with Crippen molar-refractivity contribution in [2.24, 2.45) is 0 Å². The fourth-order valence-corrected chi connectivity index (χ4v) is 1.82. The van der Waals surface area contributed by atoms with E-state index in [0.29, 0.717) is 0 Å². The van der Waals surface area contributed by atoms with Crippen LogP contribution in [0.15, 0.2) is 0 Å². The summed E-state index contributed by atoms with van der Waals surface area (Å²) in [6.45, 7) is 4.03. The van der Waals surface area contributed by atoms with Crippen molar-refractivity contribution in [2.75, 3.05) is 0 Å². The number of hydrogen-bond acceptors (Lipinski definition) is 1. The molecule has 1 heterocycles. The van der Waals surface area contributed by atoms with Crippen LogP contribution in [0.5, 0.6) is 0 Å². The lowest BCUT2D eigenvalue weighted by Crippen LogP contribution is -2.47. The monoisotopic (exact) mass is 155 g/mol. The maximum Gasteiger partial charge on any atom is 0.336 e. The summed E-state index contributed by atoms with van der Waals surface area (Å²) in [7, 11) is 0. The molecule has 11 heavy (non-hydrogen) atoms. The second-order valence-electron chi connectivity index (χ2n) is 3.34. The highest BCUT2D eigenvalue weighted by Gasteiger charge is 2.27. The quantitative estimate of drug-likeness (QED) is 0.524. The van der Waals surface area contributed by atoms with E-state index in [9.17, 15) is 4.79 Å². The van der Waals surface area contributed by atoms with Crippen LogP contribution in [0.4, 0.5) is 4.79 Å². The third-order valence-corrected chi connectivity index (χ3v) is 2.43. The Morgan fingerprint density at radius 1 is 1.36 bits per heavy atom. The summed E-state index contributed by atoms with van der Waals surface area (Å²) in [5.74, 6) is 0. The molecule has 2 unspecified atom stereocenters. The molecule has 0 aromatic rings. The number of piperidine rings is 1. The zero-order valence-electron chi connectivity index (χ0n) is 7.13. The summed E-state index contributed by atoms with van der Waals surface area (Å²) in [4.78, 5) is 12.5. The minimum Gasteiger partial charge on any atom is -0.318 e. The summed E-state index contributed by atoms with van der Waals surface area (Å²) >= 11 is 0. The Hall–Kier alpha value is -0.730. The van der Waals surface area contributed by atoms with Crippen LogP contribution < -0.4 is 5.73 Å². The van der Waals surface area contributed by atoms with Gasteiger partial charge in [0.1, 0.15) is 0 Å². The average molecular weight is 155 g/mol. The van der Waals surface area contributed by atoms with E-state index < -0.39 is 6.03 Å². The van der Waals surface area contributed by atoms with E-state index in [1.165, 1.54) is 6.42 Å². The van der Waals surface area contributed by atoms with Crippen LogP contribution in [-0.2, 0) is 0 Å². The highest BCUT2D eigenvalue weighted by Crippen LogP contribution is 2.21. The van der Waals surface area contributed by atoms with Gasteiger partial charge >= 0.3 is 6.03 Å². The number of amides is 2. The van der Waals surface area contributed by atoms with E-state index in [4.69, 9.17) is 5.73 Å². The van der Waals surface area contributed by atoms with Crippen LogP contribution >= 0.6 is 0 Å². The van der Waals surface area contributed by atoms with Gasteiger partial charge < -0.3 is 4.90 Å². The van der Waals surface area contributed by atoms with Crippen LogP contribution in [0.25, 0.3) is 0 Å². The molecule has 2 atom stereocenters. The highest BCUT2D eigenvalue weighted by molar-refractivity contribution is 5.72. The first-order valence-electron chi connectivity index (χ1n) is 4.17. The molecule has 1 N–H and O–H groups in total. The number of rotatable bonds is 0. The van der Waals surface area contributed by atoms with Gasteiger partial charge in [0, 0.05) is 12.1 Å². The molecule has 0 spiro atoms. The molecule has 0 aromatic carbocycles. The number of nitrogens with one attached hydrogen (secondary N) is 1. The molecule has 1 fully saturated rings. The van der Waals surface area contributed by atoms with E-state index in [0.717, 1.165) is 12.8 Å². The molecule has 1 rings (SSSR count). The molecule has 3 heteroatoms. The minimum absolute atomic E-state index is 0.267. The number of urea groups is 1. The Balaban J connectivity index is 2.62. The van der Waals surface area contributed by atoms with Gasteiger partial charge in [-0.25, -0.2) is 10.5 Å². The SMILES string of the molecule is CC1CCCC(C)N1C([NH])=O. The largest absolute Gasteiger partial charge is 0.336 e. The van der Waals surface area contributed by atoms with Crippen molar-refractivity contribution >= 4 is 6.03 Å². The Bertz CT molecular complexity index is 148. The number of nitrogens with zero attached hydrogens (tertiary/aromatic N) is 1. The maximum atomic E-state index is 10.8. The fraction of sp³-hybridized carbons (Fsp3) is 0.875. The summed E-state index contributed by atoms with van der Waals surface area (Å²) in [6, 6.07) is 0.0113. The van der Waals surface area contributed by atoms with E-state index in [1.807, 2.05) is 13.8 Å². The van der Waals surface area contributed by atoms with Gasteiger partial charge in [0.15, 0.2) is 0 Å². The van der Waals surface area contributed by atoms with Crippen LogP contribution in [0.2, 0.25) is 0 Å². The Labute approximate surface area is 67.5 Å². The third-order valence-electron chi connectivity index (χ3n) is 2.43. The van der Waals surface area contributed by atoms with Crippen molar-refractivity contribution in [1.82, 2.24) is 10.6 Å².